The van der Waals surface area contributed by atoms with Crippen LogP contribution in [0.3, 0.4) is 0 Å². The van der Waals surface area contributed by atoms with E-state index >= 15 is 0 Å². The molecule has 2 heterocycles. The van der Waals surface area contributed by atoms with Gasteiger partial charge in [-0.05, 0) is 24.0 Å². The third-order valence-electron chi connectivity index (χ3n) is 5.53. The number of likely N-dealkylation sites (tertiary alicyclic amines) is 1. The first-order valence-corrected chi connectivity index (χ1v) is 9.13. The number of benzene rings is 2. The van der Waals surface area contributed by atoms with Crippen LogP contribution in [-0.4, -0.2) is 42.5 Å². The van der Waals surface area contributed by atoms with Gasteiger partial charge in [-0.25, -0.2) is 4.79 Å². The van der Waals surface area contributed by atoms with Gasteiger partial charge in [0.05, 0.1) is 0 Å². The molecule has 0 unspecified atom stereocenters. The van der Waals surface area contributed by atoms with Crippen molar-refractivity contribution in [3.05, 3.63) is 71.8 Å². The summed E-state index contributed by atoms with van der Waals surface area (Å²) in [6.45, 7) is 1.72. The summed E-state index contributed by atoms with van der Waals surface area (Å²) in [5.74, 6) is -0.000660. The maximum Gasteiger partial charge on any atom is 0.315 e. The van der Waals surface area contributed by atoms with E-state index in [0.29, 0.717) is 13.1 Å². The fourth-order valence-corrected chi connectivity index (χ4v) is 4.22. The molecule has 5 heteroatoms. The van der Waals surface area contributed by atoms with Crippen molar-refractivity contribution in [2.24, 2.45) is 0 Å². The van der Waals surface area contributed by atoms with Crippen LogP contribution in [0.5, 0.6) is 0 Å². The summed E-state index contributed by atoms with van der Waals surface area (Å²) in [5, 5.41) is 5.39. The Bertz CT molecular complexity index is 752. The lowest BCUT2D eigenvalue weighted by Gasteiger charge is -2.44. The average molecular weight is 349 g/mol. The summed E-state index contributed by atoms with van der Waals surface area (Å²) < 4.78 is 0. The molecular weight excluding hydrogens is 326 g/mol. The van der Waals surface area contributed by atoms with E-state index in [0.717, 1.165) is 19.4 Å². The molecule has 2 aliphatic heterocycles. The maximum absolute atomic E-state index is 13.0. The van der Waals surface area contributed by atoms with E-state index in [2.05, 4.69) is 59.2 Å². The minimum absolute atomic E-state index is 0.000660. The molecule has 2 saturated heterocycles. The van der Waals surface area contributed by atoms with E-state index in [-0.39, 0.29) is 17.4 Å². The first kappa shape index (κ1) is 16.6. The van der Waals surface area contributed by atoms with Crippen molar-refractivity contribution in [3.8, 4) is 0 Å². The molecular formula is C21H23N3O2. The van der Waals surface area contributed by atoms with Crippen molar-refractivity contribution < 1.29 is 9.59 Å². The lowest BCUT2D eigenvalue weighted by Crippen LogP contribution is -2.54. The molecule has 5 nitrogen and oxygen atoms in total. The van der Waals surface area contributed by atoms with Crippen molar-refractivity contribution in [2.75, 3.05) is 19.6 Å². The third kappa shape index (κ3) is 2.94. The Hall–Kier alpha value is -2.82. The first-order valence-electron chi connectivity index (χ1n) is 9.13. The van der Waals surface area contributed by atoms with E-state index in [1.54, 1.807) is 0 Å². The van der Waals surface area contributed by atoms with E-state index in [1.165, 1.54) is 11.1 Å². The Morgan fingerprint density at radius 2 is 1.62 bits per heavy atom. The molecule has 0 spiro atoms. The van der Waals surface area contributed by atoms with Crippen molar-refractivity contribution >= 4 is 11.9 Å². The Kier molecular flexibility index (Phi) is 4.37. The van der Waals surface area contributed by atoms with Crippen molar-refractivity contribution in [1.82, 2.24) is 15.5 Å². The molecule has 0 radical (unpaired) electrons. The number of rotatable bonds is 3. The highest BCUT2D eigenvalue weighted by Gasteiger charge is 2.42. The molecule has 0 bridgehead atoms. The minimum Gasteiger partial charge on any atom is -0.340 e. The van der Waals surface area contributed by atoms with Gasteiger partial charge in [0.25, 0.3) is 0 Å². The van der Waals surface area contributed by atoms with Gasteiger partial charge in [0.2, 0.25) is 5.91 Å². The van der Waals surface area contributed by atoms with Crippen LogP contribution in [0, 0.1) is 0 Å². The molecule has 0 aliphatic carbocycles. The van der Waals surface area contributed by atoms with Crippen LogP contribution in [0.25, 0.3) is 0 Å². The van der Waals surface area contributed by atoms with Crippen LogP contribution in [-0.2, 0) is 10.2 Å². The second-order valence-electron chi connectivity index (χ2n) is 7.08. The molecule has 2 aliphatic rings. The van der Waals surface area contributed by atoms with Gasteiger partial charge >= 0.3 is 6.03 Å². The largest absolute Gasteiger partial charge is 0.340 e. The summed E-state index contributed by atoms with van der Waals surface area (Å²) in [4.78, 5) is 26.3. The molecule has 0 saturated carbocycles. The maximum atomic E-state index is 13.0. The molecule has 1 atom stereocenters. The molecule has 26 heavy (non-hydrogen) atoms. The van der Waals surface area contributed by atoms with Gasteiger partial charge in [-0.15, -0.1) is 0 Å². The smallest absolute Gasteiger partial charge is 0.315 e. The van der Waals surface area contributed by atoms with Crippen molar-refractivity contribution in [1.29, 1.82) is 0 Å². The number of nitrogens with one attached hydrogen (secondary N) is 2. The van der Waals surface area contributed by atoms with Gasteiger partial charge in [0, 0.05) is 25.0 Å². The number of hydrogen-bond acceptors (Lipinski definition) is 2. The van der Waals surface area contributed by atoms with Gasteiger partial charge in [-0.1, -0.05) is 60.7 Å². The van der Waals surface area contributed by atoms with Gasteiger partial charge in [-0.2, -0.15) is 0 Å². The van der Waals surface area contributed by atoms with Crippen LogP contribution >= 0.6 is 0 Å². The average Bonchev–Trinajstić information content (AvgIpc) is 3.15. The van der Waals surface area contributed by atoms with Crippen LogP contribution in [0.1, 0.15) is 24.0 Å². The number of nitrogens with zero attached hydrogens (tertiary/aromatic N) is 1. The van der Waals surface area contributed by atoms with Crippen LogP contribution in [0.4, 0.5) is 4.79 Å². The Labute approximate surface area is 153 Å². The normalized spacial score (nSPS) is 21.8. The second-order valence-corrected chi connectivity index (χ2v) is 7.08. The molecule has 2 aromatic rings. The predicted molar refractivity (Wildman–Crippen MR) is 99.8 cm³/mol. The van der Waals surface area contributed by atoms with Crippen LogP contribution < -0.4 is 10.6 Å². The molecule has 4 rings (SSSR count). The number of urea groups is 1. The zero-order chi connectivity index (χ0) is 18.0. The molecule has 3 amide bonds. The molecule has 2 fully saturated rings. The predicted octanol–water partition coefficient (Wildman–Crippen LogP) is 2.28. The summed E-state index contributed by atoms with van der Waals surface area (Å²) >= 11 is 0. The van der Waals surface area contributed by atoms with Crippen molar-refractivity contribution in [3.63, 3.8) is 0 Å². The zero-order valence-corrected chi connectivity index (χ0v) is 14.7. The van der Waals surface area contributed by atoms with Gasteiger partial charge in [-0.3, -0.25) is 4.79 Å². The van der Waals surface area contributed by atoms with Gasteiger partial charge < -0.3 is 15.5 Å². The molecule has 134 valence electrons. The minimum atomic E-state index is -0.468. The van der Waals surface area contributed by atoms with E-state index in [9.17, 15) is 9.59 Å². The molecule has 2 N–H and O–H groups in total. The van der Waals surface area contributed by atoms with Crippen LogP contribution in [0.2, 0.25) is 0 Å². The fraction of sp³-hybridized carbons (Fsp3) is 0.333. The SMILES string of the molecule is O=C1NC[C@@H](C(=O)N2CCCC(c3ccccc3)(c3ccccc3)C2)N1. The summed E-state index contributed by atoms with van der Waals surface area (Å²) in [6, 6.07) is 20.1. The lowest BCUT2D eigenvalue weighted by atomic mass is 9.69. The monoisotopic (exact) mass is 349 g/mol. The fourth-order valence-electron chi connectivity index (χ4n) is 4.22. The Balaban J connectivity index is 1.68. The van der Waals surface area contributed by atoms with E-state index in [1.807, 2.05) is 17.0 Å². The Morgan fingerprint density at radius 1 is 1.00 bits per heavy atom. The van der Waals surface area contributed by atoms with E-state index < -0.39 is 6.04 Å². The van der Waals surface area contributed by atoms with Gasteiger partial charge in [0.15, 0.2) is 0 Å². The summed E-state index contributed by atoms with van der Waals surface area (Å²) in [5.41, 5.74) is 2.25. The first-order chi connectivity index (χ1) is 12.7. The third-order valence-corrected chi connectivity index (χ3v) is 5.53. The number of carbonyl (C=O) groups excluding carboxylic acids is 2. The quantitative estimate of drug-likeness (QED) is 0.893. The number of hydrogen-bond donors (Lipinski definition) is 2. The standard InChI is InChI=1S/C21H23N3O2/c25-19(18-14-22-20(26)23-18)24-13-7-12-21(15-24,16-8-3-1-4-9-16)17-10-5-2-6-11-17/h1-6,8-11,18H,7,12-15H2,(H2,22,23,26)/t18-/m0/s1. The van der Waals surface area contributed by atoms with Crippen molar-refractivity contribution in [2.45, 2.75) is 24.3 Å². The van der Waals surface area contributed by atoms with Crippen LogP contribution in [0.15, 0.2) is 60.7 Å². The molecule has 2 aromatic carbocycles. The number of carbonyl (C=O) groups is 2. The highest BCUT2D eigenvalue weighted by molar-refractivity contribution is 5.90. The second kappa shape index (κ2) is 6.83. The zero-order valence-electron chi connectivity index (χ0n) is 14.7. The summed E-state index contributed by atoms with van der Waals surface area (Å²) in [7, 11) is 0. The number of piperidine rings is 1. The Morgan fingerprint density at radius 3 is 2.15 bits per heavy atom. The topological polar surface area (TPSA) is 61.4 Å². The summed E-state index contributed by atoms with van der Waals surface area (Å²) in [6.07, 6.45) is 1.93. The lowest BCUT2D eigenvalue weighted by molar-refractivity contribution is -0.134. The highest BCUT2D eigenvalue weighted by Crippen LogP contribution is 2.40. The van der Waals surface area contributed by atoms with Gasteiger partial charge in [0.1, 0.15) is 6.04 Å². The molecule has 0 aromatic heterocycles. The number of amides is 3. The highest BCUT2D eigenvalue weighted by atomic mass is 16.2. The van der Waals surface area contributed by atoms with E-state index in [4.69, 9.17) is 0 Å².